The smallest absolute Gasteiger partial charge is 0.139 e. The Morgan fingerprint density at radius 1 is 0.605 bits per heavy atom. The van der Waals surface area contributed by atoms with Crippen LogP contribution in [0.4, 0.5) is 5.69 Å². The molecule has 0 saturated carbocycles. The van der Waals surface area contributed by atoms with Crippen molar-refractivity contribution in [2.45, 2.75) is 0 Å². The van der Waals surface area contributed by atoms with Gasteiger partial charge in [-0.05, 0) is 42.5 Å². The third-order valence-electron chi connectivity index (χ3n) is 8.06. The van der Waals surface area contributed by atoms with Crippen LogP contribution in [0.1, 0.15) is 0 Å². The van der Waals surface area contributed by atoms with Crippen molar-refractivity contribution >= 4 is 71.2 Å². The van der Waals surface area contributed by atoms with Gasteiger partial charge in [0.05, 0.1) is 16.4 Å². The first-order valence-electron chi connectivity index (χ1n) is 13.9. The van der Waals surface area contributed by atoms with Crippen LogP contribution in [0.25, 0.3) is 76.6 Å². The van der Waals surface area contributed by atoms with Crippen molar-refractivity contribution in [2.24, 2.45) is 0 Å². The maximum Gasteiger partial charge on any atom is 0.139 e. The number of nitrogens with one attached hydrogen (secondary N) is 1. The Bertz CT molecular complexity index is 2380. The predicted molar refractivity (Wildman–Crippen MR) is 174 cm³/mol. The molecule has 1 radical (unpaired) electrons. The first kappa shape index (κ1) is 27.3. The molecule has 0 aliphatic carbocycles. The number of rotatable bonds is 2. The third-order valence-corrected chi connectivity index (χ3v) is 8.06. The minimum atomic E-state index is 0. The van der Waals surface area contributed by atoms with Gasteiger partial charge in [-0.3, -0.25) is 0 Å². The summed E-state index contributed by atoms with van der Waals surface area (Å²) in [6.07, 6.45) is 0. The van der Waals surface area contributed by atoms with E-state index in [1.54, 1.807) is 13.1 Å². The molecule has 43 heavy (non-hydrogen) atoms. The number of fused-ring (bicyclic) bond motifs is 9. The van der Waals surface area contributed by atoms with Crippen LogP contribution in [0.15, 0.2) is 132 Å². The average Bonchev–Trinajstić information content (AvgIpc) is 3.71. The summed E-state index contributed by atoms with van der Waals surface area (Å²) < 4.78 is 7.99. The van der Waals surface area contributed by atoms with Crippen LogP contribution in [-0.2, 0) is 32.7 Å². The van der Waals surface area contributed by atoms with E-state index in [-0.39, 0.29) is 38.5 Å². The zero-order valence-electron chi connectivity index (χ0n) is 23.5. The molecule has 6 heteroatoms. The average molecular weight is 634 g/mol. The number of hydrogen-bond donors (Lipinski definition) is 2. The molecule has 3 heterocycles. The SMILES string of the molecule is C[N-]c1ccc2oc3ccccc3c2c1O.[Y].c1ccc2c(c1)[nH]c1cc(-n3c4ccccc4c4ccccc43)ccc12. The standard InChI is InChI=1S/C24H16N2.C13H10NO2.Y/c1-4-10-21-17(7-1)18-14-13-16(15-22(18)25-21)26-23-11-5-2-8-19(23)20-9-3-6-12-24(20)26;1-14-9-6-7-11-12(13(9)15)8-4-2-3-5-10(8)16-11;/h1-15,25H;2-7,15H,1H3;/q;-1;. The van der Waals surface area contributed by atoms with E-state index in [2.05, 4.69) is 106 Å². The number of nitrogens with zero attached hydrogens (tertiary/aromatic N) is 2. The van der Waals surface area contributed by atoms with E-state index in [1.807, 2.05) is 30.3 Å². The molecule has 0 saturated heterocycles. The first-order valence-corrected chi connectivity index (χ1v) is 13.9. The Morgan fingerprint density at radius 3 is 1.93 bits per heavy atom. The molecule has 0 spiro atoms. The van der Waals surface area contributed by atoms with Crippen molar-refractivity contribution in [1.29, 1.82) is 0 Å². The molecule has 0 aliphatic rings. The molecule has 0 atom stereocenters. The van der Waals surface area contributed by atoms with Gasteiger partial charge in [-0.25, -0.2) is 0 Å². The molecule has 5 nitrogen and oxygen atoms in total. The summed E-state index contributed by atoms with van der Waals surface area (Å²) >= 11 is 0. The molecule has 0 unspecified atom stereocenters. The van der Waals surface area contributed by atoms with Crippen LogP contribution < -0.4 is 0 Å². The molecule has 0 fully saturated rings. The second-order valence-corrected chi connectivity index (χ2v) is 10.4. The molecule has 9 aromatic rings. The topological polar surface area (TPSA) is 68.2 Å². The van der Waals surface area contributed by atoms with Gasteiger partial charge in [-0.1, -0.05) is 90.6 Å². The van der Waals surface area contributed by atoms with E-state index in [4.69, 9.17) is 4.42 Å². The third kappa shape index (κ3) is 4.39. The second-order valence-electron chi connectivity index (χ2n) is 10.4. The molecule has 0 bridgehead atoms. The molecule has 9 rings (SSSR count). The van der Waals surface area contributed by atoms with Gasteiger partial charge >= 0.3 is 0 Å². The summed E-state index contributed by atoms with van der Waals surface area (Å²) in [5, 5.41) is 20.9. The van der Waals surface area contributed by atoms with Gasteiger partial charge in [0.25, 0.3) is 0 Å². The van der Waals surface area contributed by atoms with E-state index >= 15 is 0 Å². The number of aromatic nitrogens is 2. The molecule has 0 aliphatic heterocycles. The number of aromatic hydroxyl groups is 1. The number of benzene rings is 6. The van der Waals surface area contributed by atoms with Crippen LogP contribution in [0, 0.1) is 0 Å². The molecule has 205 valence electrons. The Balaban J connectivity index is 0.000000153. The monoisotopic (exact) mass is 633 g/mol. The van der Waals surface area contributed by atoms with Crippen molar-refractivity contribution < 1.29 is 42.2 Å². The van der Waals surface area contributed by atoms with Crippen molar-refractivity contribution in [3.05, 3.63) is 133 Å². The Labute approximate surface area is 272 Å². The van der Waals surface area contributed by atoms with Crippen molar-refractivity contribution in [1.82, 2.24) is 9.55 Å². The summed E-state index contributed by atoms with van der Waals surface area (Å²) in [6, 6.07) is 43.7. The van der Waals surface area contributed by atoms with E-state index in [0.717, 1.165) is 16.4 Å². The summed E-state index contributed by atoms with van der Waals surface area (Å²) in [7, 11) is 1.66. The van der Waals surface area contributed by atoms with Crippen molar-refractivity contribution in [3.8, 4) is 11.4 Å². The number of phenols is 1. The zero-order valence-corrected chi connectivity index (χ0v) is 26.3. The minimum Gasteiger partial charge on any atom is -0.684 e. The van der Waals surface area contributed by atoms with Crippen LogP contribution in [0.5, 0.6) is 5.75 Å². The number of H-pyrrole nitrogens is 1. The Hall–Kier alpha value is -4.58. The van der Waals surface area contributed by atoms with Crippen LogP contribution in [-0.4, -0.2) is 21.7 Å². The van der Waals surface area contributed by atoms with E-state index in [1.165, 1.54) is 49.3 Å². The van der Waals surface area contributed by atoms with Gasteiger partial charge in [0.15, 0.2) is 0 Å². The first-order chi connectivity index (χ1) is 20.7. The normalized spacial score (nSPS) is 11.3. The van der Waals surface area contributed by atoms with Crippen molar-refractivity contribution in [2.75, 3.05) is 7.05 Å². The maximum absolute atomic E-state index is 10.1. The van der Waals surface area contributed by atoms with E-state index in [9.17, 15) is 5.11 Å². The molecule has 3 aromatic heterocycles. The molecule has 2 N–H and O–H groups in total. The fourth-order valence-electron chi connectivity index (χ4n) is 6.15. The Kier molecular flexibility index (Phi) is 6.93. The second kappa shape index (κ2) is 10.9. The molecular weight excluding hydrogens is 607 g/mol. The summed E-state index contributed by atoms with van der Waals surface area (Å²) in [5.74, 6) is 0.185. The fourth-order valence-corrected chi connectivity index (χ4v) is 6.15. The van der Waals surface area contributed by atoms with E-state index < -0.39 is 0 Å². The molecule has 0 amide bonds. The van der Waals surface area contributed by atoms with Crippen LogP contribution in [0.2, 0.25) is 0 Å². The van der Waals surface area contributed by atoms with Gasteiger partial charge in [0, 0.05) is 76.4 Å². The quantitative estimate of drug-likeness (QED) is 0.199. The van der Waals surface area contributed by atoms with Crippen molar-refractivity contribution in [3.63, 3.8) is 0 Å². The van der Waals surface area contributed by atoms with Crippen LogP contribution in [0.3, 0.4) is 0 Å². The summed E-state index contributed by atoms with van der Waals surface area (Å²) in [6.45, 7) is 0. The van der Waals surface area contributed by atoms with Gasteiger partial charge in [0.2, 0.25) is 0 Å². The van der Waals surface area contributed by atoms with Gasteiger partial charge in [-0.15, -0.1) is 7.05 Å². The molecular formula is C37H26N3O2Y-. The van der Waals surface area contributed by atoms with Crippen LogP contribution >= 0.6 is 0 Å². The molecule has 6 aromatic carbocycles. The largest absolute Gasteiger partial charge is 0.684 e. The number of hydrogen-bond acceptors (Lipinski definition) is 2. The fraction of sp³-hybridized carbons (Fsp3) is 0.0270. The number of para-hydroxylation sites is 4. The minimum absolute atomic E-state index is 0. The maximum atomic E-state index is 10.1. The van der Waals surface area contributed by atoms with E-state index in [0.29, 0.717) is 11.3 Å². The zero-order chi connectivity index (χ0) is 28.2. The number of phenolic OH excluding ortho intramolecular Hbond substituents is 1. The predicted octanol–water partition coefficient (Wildman–Crippen LogP) is 10.3. The van der Waals surface area contributed by atoms with Gasteiger partial charge in [0.1, 0.15) is 16.9 Å². The summed E-state index contributed by atoms with van der Waals surface area (Å²) in [4.78, 5) is 3.56. The van der Waals surface area contributed by atoms with Gasteiger partial charge < -0.3 is 24.4 Å². The summed E-state index contributed by atoms with van der Waals surface area (Å²) in [5.41, 5.74) is 8.06. The number of aromatic amines is 1. The van der Waals surface area contributed by atoms with Gasteiger partial charge in [-0.2, -0.15) is 0 Å². The number of furan rings is 1. The Morgan fingerprint density at radius 2 is 1.21 bits per heavy atom.